The third-order valence-corrected chi connectivity index (χ3v) is 4.21. The van der Waals surface area contributed by atoms with Gasteiger partial charge in [-0.05, 0) is 40.0 Å². The van der Waals surface area contributed by atoms with Gasteiger partial charge in [-0.2, -0.15) is 5.26 Å². The molecule has 0 aromatic heterocycles. The summed E-state index contributed by atoms with van der Waals surface area (Å²) in [6, 6.07) is 11.2. The number of hydrogen-bond donors (Lipinski definition) is 0. The quantitative estimate of drug-likeness (QED) is 0.816. The Labute approximate surface area is 116 Å². The number of likely N-dealkylation sites (N-methyl/N-ethyl adjacent to an activating group) is 1. The lowest BCUT2D eigenvalue weighted by Crippen LogP contribution is -2.62. The predicted molar refractivity (Wildman–Crippen MR) is 79.3 cm³/mol. The molecule has 1 unspecified atom stereocenters. The second-order valence-electron chi connectivity index (χ2n) is 6.17. The Hall–Kier alpha value is -1.53. The van der Waals surface area contributed by atoms with Crippen molar-refractivity contribution in [3.05, 3.63) is 29.8 Å². The van der Waals surface area contributed by atoms with Gasteiger partial charge in [-0.15, -0.1) is 0 Å². The third-order valence-electron chi connectivity index (χ3n) is 4.21. The first-order chi connectivity index (χ1) is 8.94. The van der Waals surface area contributed by atoms with Crippen LogP contribution in [0, 0.1) is 18.3 Å². The van der Waals surface area contributed by atoms with Gasteiger partial charge in [0, 0.05) is 24.3 Å². The summed E-state index contributed by atoms with van der Waals surface area (Å²) < 4.78 is 0. The van der Waals surface area contributed by atoms with Gasteiger partial charge in [0.1, 0.15) is 0 Å². The maximum absolute atomic E-state index is 9.05. The third kappa shape index (κ3) is 2.90. The number of piperazine rings is 1. The first kappa shape index (κ1) is 13.9. The van der Waals surface area contributed by atoms with Crippen LogP contribution < -0.4 is 4.90 Å². The van der Waals surface area contributed by atoms with Crippen molar-refractivity contribution in [2.45, 2.75) is 38.8 Å². The highest BCUT2D eigenvalue weighted by atomic mass is 15.3. The molecule has 2 rings (SSSR count). The first-order valence-electron chi connectivity index (χ1n) is 6.85. The minimum atomic E-state index is 0.136. The molecular weight excluding hydrogens is 234 g/mol. The average molecular weight is 257 g/mol. The Morgan fingerprint density at radius 1 is 1.32 bits per heavy atom. The van der Waals surface area contributed by atoms with E-state index in [1.165, 1.54) is 11.3 Å². The van der Waals surface area contributed by atoms with Crippen molar-refractivity contribution in [1.29, 1.82) is 5.26 Å². The standard InChI is InChI=1S/C16H23N3/c1-13-5-7-14(8-6-13)19-12-16(2,3)18(4)11-15(19)9-10-17/h5-8,15H,9,11-12H2,1-4H3. The zero-order valence-corrected chi connectivity index (χ0v) is 12.3. The van der Waals surface area contributed by atoms with E-state index in [2.05, 4.69) is 68.0 Å². The second kappa shape index (κ2) is 5.22. The van der Waals surface area contributed by atoms with Crippen LogP contribution in [0.4, 0.5) is 5.69 Å². The van der Waals surface area contributed by atoms with Gasteiger partial charge < -0.3 is 4.90 Å². The van der Waals surface area contributed by atoms with E-state index in [0.29, 0.717) is 6.42 Å². The summed E-state index contributed by atoms with van der Waals surface area (Å²) in [4.78, 5) is 4.75. The molecule has 0 radical (unpaired) electrons. The van der Waals surface area contributed by atoms with Gasteiger partial charge in [-0.25, -0.2) is 0 Å². The molecule has 102 valence electrons. The minimum absolute atomic E-state index is 0.136. The fraction of sp³-hybridized carbons (Fsp3) is 0.562. The highest BCUT2D eigenvalue weighted by Gasteiger charge is 2.36. The van der Waals surface area contributed by atoms with Crippen molar-refractivity contribution in [2.75, 3.05) is 25.0 Å². The highest BCUT2D eigenvalue weighted by Crippen LogP contribution is 2.29. The van der Waals surface area contributed by atoms with Crippen LogP contribution in [0.2, 0.25) is 0 Å². The van der Waals surface area contributed by atoms with Gasteiger partial charge in [0.15, 0.2) is 0 Å². The lowest BCUT2D eigenvalue weighted by Gasteiger charge is -2.50. The van der Waals surface area contributed by atoms with Gasteiger partial charge in [0.25, 0.3) is 0 Å². The van der Waals surface area contributed by atoms with Crippen molar-refractivity contribution < 1.29 is 0 Å². The zero-order valence-electron chi connectivity index (χ0n) is 12.3. The number of rotatable bonds is 2. The highest BCUT2D eigenvalue weighted by molar-refractivity contribution is 5.50. The molecule has 0 amide bonds. The van der Waals surface area contributed by atoms with E-state index in [-0.39, 0.29) is 11.6 Å². The molecule has 1 aromatic rings. The van der Waals surface area contributed by atoms with Crippen molar-refractivity contribution in [3.63, 3.8) is 0 Å². The molecule has 0 N–H and O–H groups in total. The summed E-state index contributed by atoms with van der Waals surface area (Å²) >= 11 is 0. The Morgan fingerprint density at radius 2 is 1.95 bits per heavy atom. The molecule has 0 spiro atoms. The van der Waals surface area contributed by atoms with Crippen molar-refractivity contribution in [3.8, 4) is 6.07 Å². The SMILES string of the molecule is Cc1ccc(N2CC(C)(C)N(C)CC2CC#N)cc1. The molecule has 1 aliphatic rings. The van der Waals surface area contributed by atoms with E-state index in [1.807, 2.05) is 0 Å². The molecule has 1 heterocycles. The van der Waals surface area contributed by atoms with E-state index in [1.54, 1.807) is 0 Å². The Kier molecular flexibility index (Phi) is 3.82. The smallest absolute Gasteiger partial charge is 0.0643 e. The molecule has 1 aromatic carbocycles. The lowest BCUT2D eigenvalue weighted by atomic mass is 9.94. The van der Waals surface area contributed by atoms with Crippen LogP contribution in [-0.2, 0) is 0 Å². The molecular formula is C16H23N3. The van der Waals surface area contributed by atoms with Crippen molar-refractivity contribution in [1.82, 2.24) is 4.90 Å². The molecule has 1 aliphatic heterocycles. The summed E-state index contributed by atoms with van der Waals surface area (Å²) in [6.45, 7) is 8.52. The van der Waals surface area contributed by atoms with Crippen molar-refractivity contribution in [2.24, 2.45) is 0 Å². The molecule has 0 saturated carbocycles. The van der Waals surface area contributed by atoms with Gasteiger partial charge in [0.2, 0.25) is 0 Å². The maximum atomic E-state index is 9.05. The zero-order chi connectivity index (χ0) is 14.0. The summed E-state index contributed by atoms with van der Waals surface area (Å²) in [5, 5.41) is 9.05. The molecule has 0 bridgehead atoms. The van der Waals surface area contributed by atoms with E-state index >= 15 is 0 Å². The van der Waals surface area contributed by atoms with Crippen LogP contribution in [0.25, 0.3) is 0 Å². The van der Waals surface area contributed by atoms with Crippen LogP contribution >= 0.6 is 0 Å². The van der Waals surface area contributed by atoms with Crippen LogP contribution in [0.1, 0.15) is 25.8 Å². The van der Waals surface area contributed by atoms with Crippen LogP contribution in [0.3, 0.4) is 0 Å². The van der Waals surface area contributed by atoms with Crippen molar-refractivity contribution >= 4 is 5.69 Å². The minimum Gasteiger partial charge on any atom is -0.364 e. The number of hydrogen-bond acceptors (Lipinski definition) is 3. The Balaban J connectivity index is 2.28. The molecule has 1 saturated heterocycles. The van der Waals surface area contributed by atoms with Crippen LogP contribution in [0.15, 0.2) is 24.3 Å². The topological polar surface area (TPSA) is 30.3 Å². The fourth-order valence-corrected chi connectivity index (χ4v) is 2.65. The van der Waals surface area contributed by atoms with Gasteiger partial charge in [-0.3, -0.25) is 4.90 Å². The normalized spacial score (nSPS) is 23.1. The van der Waals surface area contributed by atoms with E-state index in [9.17, 15) is 0 Å². The summed E-state index contributed by atoms with van der Waals surface area (Å²) in [5.41, 5.74) is 2.64. The van der Waals surface area contributed by atoms with Crippen LogP contribution in [-0.4, -0.2) is 36.6 Å². The molecule has 19 heavy (non-hydrogen) atoms. The number of nitrogens with zero attached hydrogens (tertiary/aromatic N) is 3. The number of anilines is 1. The van der Waals surface area contributed by atoms with Crippen LogP contribution in [0.5, 0.6) is 0 Å². The van der Waals surface area contributed by atoms with E-state index in [0.717, 1.165) is 13.1 Å². The van der Waals surface area contributed by atoms with E-state index < -0.39 is 0 Å². The molecule has 1 atom stereocenters. The Morgan fingerprint density at radius 3 is 2.53 bits per heavy atom. The first-order valence-corrected chi connectivity index (χ1v) is 6.85. The summed E-state index contributed by atoms with van der Waals surface area (Å²) in [7, 11) is 2.15. The van der Waals surface area contributed by atoms with Gasteiger partial charge in [-0.1, -0.05) is 17.7 Å². The maximum Gasteiger partial charge on any atom is 0.0643 e. The molecule has 3 heteroatoms. The van der Waals surface area contributed by atoms with E-state index in [4.69, 9.17) is 5.26 Å². The summed E-state index contributed by atoms with van der Waals surface area (Å²) in [6.07, 6.45) is 0.578. The monoisotopic (exact) mass is 257 g/mol. The number of benzene rings is 1. The number of nitriles is 1. The largest absolute Gasteiger partial charge is 0.364 e. The summed E-state index contributed by atoms with van der Waals surface area (Å²) in [5.74, 6) is 0. The lowest BCUT2D eigenvalue weighted by molar-refractivity contribution is 0.115. The molecule has 3 nitrogen and oxygen atoms in total. The van der Waals surface area contributed by atoms with Gasteiger partial charge in [0.05, 0.1) is 18.5 Å². The average Bonchev–Trinajstić information content (AvgIpc) is 2.35. The fourth-order valence-electron chi connectivity index (χ4n) is 2.65. The number of aryl methyl sites for hydroxylation is 1. The Bertz CT molecular complexity index is 470. The predicted octanol–water partition coefficient (Wildman–Crippen LogP) is 2.81. The van der Waals surface area contributed by atoms with Gasteiger partial charge >= 0.3 is 0 Å². The molecule has 0 aliphatic carbocycles. The molecule has 1 fully saturated rings. The second-order valence-corrected chi connectivity index (χ2v) is 6.17.